The standard InChI is InChI=1S/C28H22N2O5/c1-35-25-15-14-20(28(33)34)17-23(25)29-27(32)24(16-18-8-3-2-4-9-18)30-26(31)22-13-7-11-19-10-5-6-12-21(19)22/h2-17H,1H3,(H,29,32)(H,30,31)(H,33,34). The van der Waals surface area contributed by atoms with Gasteiger partial charge in [-0.15, -0.1) is 0 Å². The van der Waals surface area contributed by atoms with Crippen molar-refractivity contribution in [3.05, 3.63) is 113 Å². The van der Waals surface area contributed by atoms with E-state index in [0.29, 0.717) is 11.1 Å². The smallest absolute Gasteiger partial charge is 0.335 e. The van der Waals surface area contributed by atoms with Crippen LogP contribution in [0, 0.1) is 0 Å². The van der Waals surface area contributed by atoms with Crippen LogP contribution in [0.1, 0.15) is 26.3 Å². The average molecular weight is 466 g/mol. The number of aromatic carboxylic acids is 1. The zero-order valence-electron chi connectivity index (χ0n) is 18.8. The predicted octanol–water partition coefficient (Wildman–Crippen LogP) is 4.96. The van der Waals surface area contributed by atoms with Gasteiger partial charge in [-0.05, 0) is 46.7 Å². The maximum Gasteiger partial charge on any atom is 0.335 e. The maximum absolute atomic E-state index is 13.3. The molecule has 0 bridgehead atoms. The molecule has 0 aliphatic heterocycles. The summed E-state index contributed by atoms with van der Waals surface area (Å²) in [4.78, 5) is 37.9. The molecule has 4 rings (SSSR count). The molecule has 0 fully saturated rings. The van der Waals surface area contributed by atoms with Gasteiger partial charge in [-0.2, -0.15) is 0 Å². The number of benzene rings is 4. The molecule has 0 radical (unpaired) electrons. The van der Waals surface area contributed by atoms with Gasteiger partial charge in [0.05, 0.1) is 18.4 Å². The molecule has 4 aromatic carbocycles. The first-order chi connectivity index (χ1) is 17.0. The molecule has 0 aliphatic rings. The molecule has 3 N–H and O–H groups in total. The highest BCUT2D eigenvalue weighted by Crippen LogP contribution is 2.26. The summed E-state index contributed by atoms with van der Waals surface area (Å²) in [5.74, 6) is -1.95. The Bertz CT molecular complexity index is 1440. The number of carboxylic acids is 1. The summed E-state index contributed by atoms with van der Waals surface area (Å²) in [5.41, 5.74) is 1.24. The van der Waals surface area contributed by atoms with Gasteiger partial charge in [0.25, 0.3) is 11.8 Å². The molecule has 0 saturated heterocycles. The number of carboxylic acid groups (broad SMARTS) is 1. The van der Waals surface area contributed by atoms with Gasteiger partial charge in [0, 0.05) is 5.56 Å². The topological polar surface area (TPSA) is 105 Å². The molecule has 174 valence electrons. The molecule has 35 heavy (non-hydrogen) atoms. The first-order valence-corrected chi connectivity index (χ1v) is 10.7. The van der Waals surface area contributed by atoms with Gasteiger partial charge in [-0.3, -0.25) is 9.59 Å². The van der Waals surface area contributed by atoms with E-state index in [9.17, 15) is 19.5 Å². The van der Waals surface area contributed by atoms with Gasteiger partial charge in [-0.1, -0.05) is 66.7 Å². The lowest BCUT2D eigenvalue weighted by Gasteiger charge is -2.14. The van der Waals surface area contributed by atoms with Crippen molar-refractivity contribution < 1.29 is 24.2 Å². The summed E-state index contributed by atoms with van der Waals surface area (Å²) >= 11 is 0. The molecule has 0 spiro atoms. The van der Waals surface area contributed by atoms with Crippen molar-refractivity contribution in [3.8, 4) is 5.75 Å². The van der Waals surface area contributed by atoms with Crippen LogP contribution in [0.15, 0.2) is 96.7 Å². The third-order valence-corrected chi connectivity index (χ3v) is 5.33. The zero-order valence-corrected chi connectivity index (χ0v) is 18.8. The number of hydrogen-bond acceptors (Lipinski definition) is 4. The molecule has 0 unspecified atom stereocenters. The minimum absolute atomic E-state index is 0.0167. The molecule has 4 aromatic rings. The van der Waals surface area contributed by atoms with Gasteiger partial charge in [0.15, 0.2) is 0 Å². The maximum atomic E-state index is 13.3. The Hall–Kier alpha value is -4.91. The van der Waals surface area contributed by atoms with E-state index in [-0.39, 0.29) is 22.7 Å². The van der Waals surface area contributed by atoms with Gasteiger partial charge in [0.2, 0.25) is 0 Å². The van der Waals surface area contributed by atoms with E-state index in [1.807, 2.05) is 48.5 Å². The van der Waals surface area contributed by atoms with E-state index in [1.54, 1.807) is 30.3 Å². The van der Waals surface area contributed by atoms with Crippen LogP contribution in [0.3, 0.4) is 0 Å². The van der Waals surface area contributed by atoms with Gasteiger partial charge < -0.3 is 20.5 Å². The number of nitrogens with one attached hydrogen (secondary N) is 2. The van der Waals surface area contributed by atoms with Gasteiger partial charge in [-0.25, -0.2) is 4.79 Å². The summed E-state index contributed by atoms with van der Waals surface area (Å²) in [6.07, 6.45) is 1.55. The Morgan fingerprint density at radius 2 is 1.57 bits per heavy atom. The number of carbonyl (C=O) groups is 3. The van der Waals surface area contributed by atoms with Gasteiger partial charge in [0.1, 0.15) is 11.4 Å². The number of carbonyl (C=O) groups excluding carboxylic acids is 2. The lowest BCUT2D eigenvalue weighted by Crippen LogP contribution is -2.31. The first-order valence-electron chi connectivity index (χ1n) is 10.7. The van der Waals surface area contributed by atoms with Crippen molar-refractivity contribution in [1.82, 2.24) is 5.32 Å². The van der Waals surface area contributed by atoms with Crippen molar-refractivity contribution >= 4 is 40.3 Å². The third-order valence-electron chi connectivity index (χ3n) is 5.33. The molecule has 7 heteroatoms. The Labute approximate surface area is 201 Å². The summed E-state index contributed by atoms with van der Waals surface area (Å²) in [6.45, 7) is 0. The monoisotopic (exact) mass is 466 g/mol. The molecular weight excluding hydrogens is 444 g/mol. The van der Waals surface area contributed by atoms with Crippen LogP contribution in [0.5, 0.6) is 5.75 Å². The Balaban J connectivity index is 1.69. The molecule has 0 aromatic heterocycles. The largest absolute Gasteiger partial charge is 0.495 e. The number of anilines is 1. The summed E-state index contributed by atoms with van der Waals surface area (Å²) < 4.78 is 5.26. The fourth-order valence-corrected chi connectivity index (χ4v) is 3.62. The van der Waals surface area contributed by atoms with Crippen molar-refractivity contribution in [2.45, 2.75) is 0 Å². The van der Waals surface area contributed by atoms with E-state index in [2.05, 4.69) is 10.6 Å². The predicted molar refractivity (Wildman–Crippen MR) is 134 cm³/mol. The normalized spacial score (nSPS) is 11.1. The van der Waals surface area contributed by atoms with Gasteiger partial charge >= 0.3 is 5.97 Å². The van der Waals surface area contributed by atoms with Crippen molar-refractivity contribution in [2.24, 2.45) is 0 Å². The van der Waals surface area contributed by atoms with Crippen LogP contribution in [0.25, 0.3) is 16.8 Å². The number of fused-ring (bicyclic) bond motifs is 1. The number of hydrogen-bond donors (Lipinski definition) is 3. The van der Waals surface area contributed by atoms with E-state index in [0.717, 1.165) is 10.8 Å². The second-order valence-corrected chi connectivity index (χ2v) is 7.62. The third kappa shape index (κ3) is 5.36. The summed E-state index contributed by atoms with van der Waals surface area (Å²) in [7, 11) is 1.41. The molecule has 0 heterocycles. The van der Waals surface area contributed by atoms with E-state index in [4.69, 9.17) is 4.74 Å². The van der Waals surface area contributed by atoms with Crippen LogP contribution in [0.2, 0.25) is 0 Å². The molecule has 2 amide bonds. The fraction of sp³-hybridized carbons (Fsp3) is 0.0357. The minimum atomic E-state index is -1.15. The fourth-order valence-electron chi connectivity index (χ4n) is 3.62. The minimum Gasteiger partial charge on any atom is -0.495 e. The second-order valence-electron chi connectivity index (χ2n) is 7.62. The summed E-state index contributed by atoms with van der Waals surface area (Å²) in [5, 5.41) is 16.4. The van der Waals surface area contributed by atoms with Crippen LogP contribution < -0.4 is 15.4 Å². The highest BCUT2D eigenvalue weighted by Gasteiger charge is 2.19. The molecule has 0 saturated carbocycles. The lowest BCUT2D eigenvalue weighted by molar-refractivity contribution is -0.113. The first kappa shape index (κ1) is 23.3. The Morgan fingerprint density at radius 3 is 2.31 bits per heavy atom. The average Bonchev–Trinajstić information content (AvgIpc) is 2.88. The quantitative estimate of drug-likeness (QED) is 0.334. The van der Waals surface area contributed by atoms with Crippen LogP contribution in [-0.4, -0.2) is 30.0 Å². The van der Waals surface area contributed by atoms with E-state index >= 15 is 0 Å². The Kier molecular flexibility index (Phi) is 6.88. The van der Waals surface area contributed by atoms with Crippen LogP contribution >= 0.6 is 0 Å². The van der Waals surface area contributed by atoms with E-state index < -0.39 is 17.8 Å². The number of rotatable bonds is 7. The molecule has 0 atom stereocenters. The number of amides is 2. The van der Waals surface area contributed by atoms with Crippen molar-refractivity contribution in [1.29, 1.82) is 0 Å². The molecule has 0 aliphatic carbocycles. The summed E-state index contributed by atoms with van der Waals surface area (Å²) in [6, 6.07) is 26.0. The number of ether oxygens (including phenoxy) is 1. The number of methoxy groups -OCH3 is 1. The van der Waals surface area contributed by atoms with Crippen molar-refractivity contribution in [3.63, 3.8) is 0 Å². The zero-order chi connectivity index (χ0) is 24.8. The SMILES string of the molecule is COc1ccc(C(=O)O)cc1NC(=O)C(=Cc1ccccc1)NC(=O)c1cccc2ccccc12. The molecular formula is C28H22N2O5. The highest BCUT2D eigenvalue weighted by molar-refractivity contribution is 6.14. The van der Waals surface area contributed by atoms with Crippen LogP contribution in [0.4, 0.5) is 5.69 Å². The second kappa shape index (κ2) is 10.4. The lowest BCUT2D eigenvalue weighted by atomic mass is 10.0. The van der Waals surface area contributed by atoms with Crippen LogP contribution in [-0.2, 0) is 4.79 Å². The molecule has 7 nitrogen and oxygen atoms in total. The van der Waals surface area contributed by atoms with Crippen molar-refractivity contribution in [2.75, 3.05) is 12.4 Å². The highest BCUT2D eigenvalue weighted by atomic mass is 16.5. The Morgan fingerprint density at radius 1 is 0.857 bits per heavy atom. The van der Waals surface area contributed by atoms with E-state index in [1.165, 1.54) is 25.3 Å².